The molecule has 0 saturated heterocycles. The molecule has 130 valence electrons. The average molecular weight is 365 g/mol. The highest BCUT2D eigenvalue weighted by molar-refractivity contribution is 6.30. The van der Waals surface area contributed by atoms with E-state index in [0.717, 1.165) is 16.7 Å². The number of ether oxygens (including phenoxy) is 1. The van der Waals surface area contributed by atoms with Gasteiger partial charge in [0.15, 0.2) is 6.61 Å². The van der Waals surface area contributed by atoms with Crippen molar-refractivity contribution in [3.63, 3.8) is 0 Å². The van der Waals surface area contributed by atoms with Crippen LogP contribution in [0, 0.1) is 0 Å². The Morgan fingerprint density at radius 1 is 0.962 bits per heavy atom. The van der Waals surface area contributed by atoms with Crippen LogP contribution in [0.5, 0.6) is 5.75 Å². The average Bonchev–Trinajstić information content (AvgIpc) is 2.69. The Kier molecular flexibility index (Phi) is 6.01. The van der Waals surface area contributed by atoms with E-state index in [0.29, 0.717) is 10.8 Å². The first kappa shape index (κ1) is 17.7. The normalized spacial score (nSPS) is 10.7. The van der Waals surface area contributed by atoms with Crippen LogP contribution >= 0.6 is 11.6 Å². The lowest BCUT2D eigenvalue weighted by atomic mass is 10.1. The molecule has 3 aromatic rings. The molecule has 0 bridgehead atoms. The van der Waals surface area contributed by atoms with E-state index in [1.54, 1.807) is 18.3 Å². The molecule has 26 heavy (non-hydrogen) atoms. The Labute approximate surface area is 157 Å². The van der Waals surface area contributed by atoms with Gasteiger partial charge in [0.25, 0.3) is 5.91 Å². The molecule has 0 atom stereocenters. The van der Waals surface area contributed by atoms with Gasteiger partial charge in [-0.15, -0.1) is 0 Å². The van der Waals surface area contributed by atoms with Crippen molar-refractivity contribution in [1.29, 1.82) is 0 Å². The Balaban J connectivity index is 1.57. The third-order valence-corrected chi connectivity index (χ3v) is 3.86. The molecule has 0 heterocycles. The molecule has 0 aliphatic carbocycles. The quantitative estimate of drug-likeness (QED) is 0.516. The van der Waals surface area contributed by atoms with Crippen molar-refractivity contribution >= 4 is 23.7 Å². The molecule has 0 aliphatic heterocycles. The summed E-state index contributed by atoms with van der Waals surface area (Å²) in [6.07, 6.45) is 1.55. The lowest BCUT2D eigenvalue weighted by molar-refractivity contribution is -0.123. The number of benzene rings is 3. The maximum atomic E-state index is 11.9. The molecule has 0 spiro atoms. The summed E-state index contributed by atoms with van der Waals surface area (Å²) in [4.78, 5) is 11.9. The molecule has 0 radical (unpaired) electrons. The number of nitrogens with zero attached hydrogens (tertiary/aromatic N) is 1. The predicted octanol–water partition coefficient (Wildman–Crippen LogP) is 4.54. The molecule has 3 rings (SSSR count). The number of hydrazone groups is 1. The van der Waals surface area contributed by atoms with Gasteiger partial charge in [0, 0.05) is 10.6 Å². The van der Waals surface area contributed by atoms with E-state index >= 15 is 0 Å². The highest BCUT2D eigenvalue weighted by Crippen LogP contribution is 2.29. The van der Waals surface area contributed by atoms with Gasteiger partial charge in [-0.25, -0.2) is 5.43 Å². The van der Waals surface area contributed by atoms with Gasteiger partial charge in [-0.05, 0) is 29.3 Å². The number of hydrogen-bond donors (Lipinski definition) is 1. The topological polar surface area (TPSA) is 50.7 Å². The first-order valence-electron chi connectivity index (χ1n) is 8.07. The van der Waals surface area contributed by atoms with Crippen LogP contribution in [-0.2, 0) is 4.79 Å². The molecular weight excluding hydrogens is 348 g/mol. The van der Waals surface area contributed by atoms with Gasteiger partial charge in [-0.2, -0.15) is 5.10 Å². The van der Waals surface area contributed by atoms with E-state index in [9.17, 15) is 4.79 Å². The highest BCUT2D eigenvalue weighted by atomic mass is 35.5. The minimum Gasteiger partial charge on any atom is -0.483 e. The zero-order chi connectivity index (χ0) is 18.2. The van der Waals surface area contributed by atoms with E-state index in [1.807, 2.05) is 66.7 Å². The minimum absolute atomic E-state index is 0.123. The Hall–Kier alpha value is -3.11. The summed E-state index contributed by atoms with van der Waals surface area (Å²) in [5.74, 6) is 0.314. The SMILES string of the molecule is O=C(COc1ccccc1-c1ccccc1)N/N=C\c1ccc(Cl)cc1. The van der Waals surface area contributed by atoms with Crippen LogP contribution in [0.2, 0.25) is 5.02 Å². The summed E-state index contributed by atoms with van der Waals surface area (Å²) in [6.45, 7) is -0.123. The van der Waals surface area contributed by atoms with Crippen LogP contribution in [0.3, 0.4) is 0 Å². The molecule has 0 unspecified atom stereocenters. The number of hydrogen-bond acceptors (Lipinski definition) is 3. The Morgan fingerprint density at radius 3 is 2.42 bits per heavy atom. The smallest absolute Gasteiger partial charge is 0.277 e. The Bertz CT molecular complexity index is 893. The minimum atomic E-state index is -0.335. The van der Waals surface area contributed by atoms with Gasteiger partial charge >= 0.3 is 0 Å². The predicted molar refractivity (Wildman–Crippen MR) is 105 cm³/mol. The molecule has 0 fully saturated rings. The van der Waals surface area contributed by atoms with Crippen molar-refractivity contribution in [2.24, 2.45) is 5.10 Å². The molecule has 1 N–H and O–H groups in total. The van der Waals surface area contributed by atoms with Crippen LogP contribution in [-0.4, -0.2) is 18.7 Å². The van der Waals surface area contributed by atoms with Crippen LogP contribution in [0.1, 0.15) is 5.56 Å². The number of rotatable bonds is 6. The maximum absolute atomic E-state index is 11.9. The Morgan fingerprint density at radius 2 is 1.65 bits per heavy atom. The van der Waals surface area contributed by atoms with E-state index in [2.05, 4.69) is 10.5 Å². The number of halogens is 1. The summed E-state index contributed by atoms with van der Waals surface area (Å²) >= 11 is 5.82. The number of carbonyl (C=O) groups excluding carboxylic acids is 1. The fraction of sp³-hybridized carbons (Fsp3) is 0.0476. The summed E-state index contributed by atoms with van der Waals surface area (Å²) < 4.78 is 5.67. The van der Waals surface area contributed by atoms with E-state index in [4.69, 9.17) is 16.3 Å². The zero-order valence-electron chi connectivity index (χ0n) is 13.9. The van der Waals surface area contributed by atoms with Crippen molar-refractivity contribution in [3.05, 3.63) is 89.4 Å². The van der Waals surface area contributed by atoms with Crippen LogP contribution in [0.4, 0.5) is 0 Å². The fourth-order valence-electron chi connectivity index (χ4n) is 2.35. The molecule has 0 saturated carbocycles. The highest BCUT2D eigenvalue weighted by Gasteiger charge is 2.07. The lowest BCUT2D eigenvalue weighted by Crippen LogP contribution is -2.24. The van der Waals surface area contributed by atoms with Crippen LogP contribution in [0.25, 0.3) is 11.1 Å². The molecular formula is C21H17ClN2O2. The largest absolute Gasteiger partial charge is 0.483 e. The first-order chi connectivity index (χ1) is 12.7. The monoisotopic (exact) mass is 364 g/mol. The fourth-order valence-corrected chi connectivity index (χ4v) is 2.48. The molecule has 0 aliphatic rings. The molecule has 5 heteroatoms. The summed E-state index contributed by atoms with van der Waals surface area (Å²) in [7, 11) is 0. The van der Waals surface area contributed by atoms with Crippen molar-refractivity contribution in [2.45, 2.75) is 0 Å². The van der Waals surface area contributed by atoms with Gasteiger partial charge in [-0.1, -0.05) is 72.3 Å². The van der Waals surface area contributed by atoms with Crippen LogP contribution < -0.4 is 10.2 Å². The zero-order valence-corrected chi connectivity index (χ0v) is 14.7. The molecule has 3 aromatic carbocycles. The van der Waals surface area contributed by atoms with E-state index < -0.39 is 0 Å². The number of amides is 1. The number of carbonyl (C=O) groups is 1. The molecule has 0 aromatic heterocycles. The van der Waals surface area contributed by atoms with Gasteiger partial charge in [0.1, 0.15) is 5.75 Å². The third-order valence-electron chi connectivity index (χ3n) is 3.60. The second-order valence-electron chi connectivity index (χ2n) is 5.50. The molecule has 1 amide bonds. The first-order valence-corrected chi connectivity index (χ1v) is 8.45. The van der Waals surface area contributed by atoms with Crippen molar-refractivity contribution < 1.29 is 9.53 Å². The second-order valence-corrected chi connectivity index (χ2v) is 5.93. The second kappa shape index (κ2) is 8.83. The summed E-state index contributed by atoms with van der Waals surface area (Å²) in [5, 5.41) is 4.57. The van der Waals surface area contributed by atoms with Gasteiger partial charge in [-0.3, -0.25) is 4.79 Å². The van der Waals surface area contributed by atoms with Crippen molar-refractivity contribution in [2.75, 3.05) is 6.61 Å². The maximum Gasteiger partial charge on any atom is 0.277 e. The van der Waals surface area contributed by atoms with E-state index in [-0.39, 0.29) is 12.5 Å². The third kappa shape index (κ3) is 4.94. The van der Waals surface area contributed by atoms with Gasteiger partial charge < -0.3 is 4.74 Å². The van der Waals surface area contributed by atoms with Crippen molar-refractivity contribution in [1.82, 2.24) is 5.43 Å². The van der Waals surface area contributed by atoms with Gasteiger partial charge in [0.05, 0.1) is 6.21 Å². The number of para-hydroxylation sites is 1. The van der Waals surface area contributed by atoms with Gasteiger partial charge in [0.2, 0.25) is 0 Å². The van der Waals surface area contributed by atoms with Crippen LogP contribution in [0.15, 0.2) is 84.0 Å². The molecule has 4 nitrogen and oxygen atoms in total. The summed E-state index contributed by atoms with van der Waals surface area (Å²) in [6, 6.07) is 24.6. The standard InChI is InChI=1S/C21H17ClN2O2/c22-18-12-10-16(11-13-18)14-23-24-21(25)15-26-20-9-5-4-8-19(20)17-6-2-1-3-7-17/h1-14H,15H2,(H,24,25)/b23-14-. The van der Waals surface area contributed by atoms with E-state index in [1.165, 1.54) is 0 Å². The summed E-state index contributed by atoms with van der Waals surface area (Å²) in [5.41, 5.74) is 5.25. The number of nitrogens with one attached hydrogen (secondary N) is 1. The van der Waals surface area contributed by atoms with Crippen molar-refractivity contribution in [3.8, 4) is 16.9 Å². The lowest BCUT2D eigenvalue weighted by Gasteiger charge is -2.10.